The second-order valence-electron chi connectivity index (χ2n) is 4.68. The first-order chi connectivity index (χ1) is 11.1. The lowest BCUT2D eigenvalue weighted by molar-refractivity contribution is -0.143. The highest BCUT2D eigenvalue weighted by molar-refractivity contribution is 7.80. The molecule has 2 aromatic rings. The zero-order chi connectivity index (χ0) is 18.0. The van der Waals surface area contributed by atoms with E-state index in [0.29, 0.717) is 17.9 Å². The topological polar surface area (TPSA) is 37.2 Å². The van der Waals surface area contributed by atoms with Gasteiger partial charge in [0.05, 0.1) is 23.9 Å². The standard InChI is InChI=1S/C14H10F6N2OS/c15-13(16,17)8-4-9(14(18,19)20)6-10(5-8)22-12(24)21-7-11-2-1-3-23-11/h1-6H,7H2,(H2,21,22,24). The van der Waals surface area contributed by atoms with Crippen molar-refractivity contribution in [3.05, 3.63) is 53.5 Å². The molecule has 1 heterocycles. The van der Waals surface area contributed by atoms with Crippen LogP contribution in [-0.4, -0.2) is 5.11 Å². The molecule has 130 valence electrons. The minimum atomic E-state index is -4.92. The van der Waals surface area contributed by atoms with Crippen molar-refractivity contribution in [2.45, 2.75) is 18.9 Å². The minimum Gasteiger partial charge on any atom is -0.467 e. The molecule has 0 aliphatic heterocycles. The van der Waals surface area contributed by atoms with E-state index in [4.69, 9.17) is 16.6 Å². The lowest BCUT2D eigenvalue weighted by atomic mass is 10.1. The summed E-state index contributed by atoms with van der Waals surface area (Å²) >= 11 is 4.86. The van der Waals surface area contributed by atoms with Gasteiger partial charge in [-0.1, -0.05) is 0 Å². The van der Waals surface area contributed by atoms with Gasteiger partial charge < -0.3 is 15.1 Å². The van der Waals surface area contributed by atoms with E-state index in [1.54, 1.807) is 12.1 Å². The van der Waals surface area contributed by atoms with Crippen LogP contribution in [0, 0.1) is 0 Å². The summed E-state index contributed by atoms with van der Waals surface area (Å²) in [6, 6.07) is 4.40. The van der Waals surface area contributed by atoms with Crippen LogP contribution in [0.3, 0.4) is 0 Å². The predicted octanol–water partition coefficient (Wildman–Crippen LogP) is 4.80. The number of benzene rings is 1. The molecule has 0 aliphatic rings. The molecular formula is C14H10F6N2OS. The summed E-state index contributed by atoms with van der Waals surface area (Å²) in [5.41, 5.74) is -3.27. The first kappa shape index (κ1) is 18.1. The van der Waals surface area contributed by atoms with E-state index in [1.807, 2.05) is 0 Å². The van der Waals surface area contributed by atoms with Crippen LogP contribution in [0.25, 0.3) is 0 Å². The van der Waals surface area contributed by atoms with Crippen molar-refractivity contribution in [2.24, 2.45) is 0 Å². The van der Waals surface area contributed by atoms with Crippen LogP contribution < -0.4 is 10.6 Å². The van der Waals surface area contributed by atoms with E-state index in [-0.39, 0.29) is 17.7 Å². The van der Waals surface area contributed by atoms with Gasteiger partial charge in [-0.15, -0.1) is 0 Å². The molecule has 1 aromatic heterocycles. The molecule has 2 rings (SSSR count). The Balaban J connectivity index is 2.17. The zero-order valence-corrected chi connectivity index (χ0v) is 12.6. The molecular weight excluding hydrogens is 358 g/mol. The number of thiocarbonyl (C=S) groups is 1. The Labute approximate surface area is 137 Å². The second kappa shape index (κ2) is 6.71. The molecule has 0 radical (unpaired) electrons. The molecule has 0 saturated carbocycles. The van der Waals surface area contributed by atoms with Gasteiger partial charge >= 0.3 is 12.4 Å². The molecule has 0 fully saturated rings. The highest BCUT2D eigenvalue weighted by Gasteiger charge is 2.37. The average Bonchev–Trinajstić information content (AvgIpc) is 2.96. The van der Waals surface area contributed by atoms with Gasteiger partial charge in [0.2, 0.25) is 0 Å². The van der Waals surface area contributed by atoms with Crippen LogP contribution in [0.15, 0.2) is 41.0 Å². The van der Waals surface area contributed by atoms with Gasteiger partial charge in [-0.3, -0.25) is 0 Å². The van der Waals surface area contributed by atoms with Gasteiger partial charge in [0, 0.05) is 5.69 Å². The van der Waals surface area contributed by atoms with E-state index in [2.05, 4.69) is 10.6 Å². The Bertz CT molecular complexity index is 677. The Hall–Kier alpha value is -2.23. The fourth-order valence-electron chi connectivity index (χ4n) is 1.78. The Morgan fingerprint density at radius 1 is 1.00 bits per heavy atom. The lowest BCUT2D eigenvalue weighted by Gasteiger charge is -2.16. The van der Waals surface area contributed by atoms with Crippen LogP contribution in [0.2, 0.25) is 0 Å². The van der Waals surface area contributed by atoms with Gasteiger partial charge in [-0.25, -0.2) is 0 Å². The number of hydrogen-bond acceptors (Lipinski definition) is 2. The molecule has 2 N–H and O–H groups in total. The number of anilines is 1. The summed E-state index contributed by atoms with van der Waals surface area (Å²) < 4.78 is 81.5. The summed E-state index contributed by atoms with van der Waals surface area (Å²) in [5, 5.41) is 4.78. The van der Waals surface area contributed by atoms with E-state index in [9.17, 15) is 26.3 Å². The molecule has 0 bridgehead atoms. The Morgan fingerprint density at radius 3 is 2.04 bits per heavy atom. The summed E-state index contributed by atoms with van der Waals surface area (Å²) in [7, 11) is 0. The second-order valence-corrected chi connectivity index (χ2v) is 5.09. The van der Waals surface area contributed by atoms with Gasteiger partial charge in [-0.2, -0.15) is 26.3 Å². The molecule has 24 heavy (non-hydrogen) atoms. The Kier molecular flexibility index (Phi) is 5.07. The molecule has 0 aliphatic carbocycles. The van der Waals surface area contributed by atoms with Crippen molar-refractivity contribution in [3.63, 3.8) is 0 Å². The van der Waals surface area contributed by atoms with Crippen molar-refractivity contribution in [3.8, 4) is 0 Å². The number of furan rings is 1. The van der Waals surface area contributed by atoms with Crippen LogP contribution in [0.5, 0.6) is 0 Å². The number of alkyl halides is 6. The summed E-state index contributed by atoms with van der Waals surface area (Å²) in [5.74, 6) is 0.499. The maximum absolute atomic E-state index is 12.8. The molecule has 0 spiro atoms. The third-order valence-corrected chi connectivity index (χ3v) is 3.10. The van der Waals surface area contributed by atoms with Crippen LogP contribution in [0.4, 0.5) is 32.0 Å². The van der Waals surface area contributed by atoms with E-state index < -0.39 is 29.2 Å². The highest BCUT2D eigenvalue weighted by Crippen LogP contribution is 2.37. The fourth-order valence-corrected chi connectivity index (χ4v) is 1.97. The van der Waals surface area contributed by atoms with Gasteiger partial charge in [0.15, 0.2) is 5.11 Å². The monoisotopic (exact) mass is 368 g/mol. The third-order valence-electron chi connectivity index (χ3n) is 2.85. The van der Waals surface area contributed by atoms with Crippen molar-refractivity contribution < 1.29 is 30.8 Å². The first-order valence-electron chi connectivity index (χ1n) is 6.42. The predicted molar refractivity (Wildman–Crippen MR) is 78.2 cm³/mol. The largest absolute Gasteiger partial charge is 0.467 e. The number of nitrogens with one attached hydrogen (secondary N) is 2. The fraction of sp³-hybridized carbons (Fsp3) is 0.214. The van der Waals surface area contributed by atoms with Crippen LogP contribution >= 0.6 is 12.2 Å². The van der Waals surface area contributed by atoms with Crippen LogP contribution in [-0.2, 0) is 18.9 Å². The maximum atomic E-state index is 12.8. The van der Waals surface area contributed by atoms with Crippen molar-refractivity contribution >= 4 is 23.0 Å². The molecule has 0 atom stereocenters. The van der Waals surface area contributed by atoms with Crippen LogP contribution in [0.1, 0.15) is 16.9 Å². The molecule has 3 nitrogen and oxygen atoms in total. The molecule has 0 saturated heterocycles. The Morgan fingerprint density at radius 2 is 1.58 bits per heavy atom. The number of halogens is 6. The summed E-state index contributed by atoms with van der Waals surface area (Å²) in [6.07, 6.45) is -8.42. The van der Waals surface area contributed by atoms with E-state index >= 15 is 0 Å². The molecule has 0 amide bonds. The third kappa shape index (κ3) is 4.88. The first-order valence-corrected chi connectivity index (χ1v) is 6.83. The van der Waals surface area contributed by atoms with Gasteiger partial charge in [0.1, 0.15) is 5.76 Å². The SMILES string of the molecule is FC(F)(F)c1cc(NC(=S)NCc2ccco2)cc(C(F)(F)F)c1. The summed E-state index contributed by atoms with van der Waals surface area (Å²) in [6.45, 7) is 0.129. The minimum absolute atomic E-state index is 0.0461. The average molecular weight is 368 g/mol. The lowest BCUT2D eigenvalue weighted by Crippen LogP contribution is -2.28. The number of rotatable bonds is 3. The normalized spacial score (nSPS) is 12.1. The number of hydrogen-bond donors (Lipinski definition) is 2. The quantitative estimate of drug-likeness (QED) is 0.603. The van der Waals surface area contributed by atoms with Crippen molar-refractivity contribution in [1.29, 1.82) is 0 Å². The smallest absolute Gasteiger partial charge is 0.416 e. The van der Waals surface area contributed by atoms with Gasteiger partial charge in [-0.05, 0) is 42.5 Å². The van der Waals surface area contributed by atoms with Crippen molar-refractivity contribution in [2.75, 3.05) is 5.32 Å². The summed E-state index contributed by atoms with van der Waals surface area (Å²) in [4.78, 5) is 0. The van der Waals surface area contributed by atoms with Crippen molar-refractivity contribution in [1.82, 2.24) is 5.32 Å². The molecule has 1 aromatic carbocycles. The van der Waals surface area contributed by atoms with E-state index in [1.165, 1.54) is 6.26 Å². The highest BCUT2D eigenvalue weighted by atomic mass is 32.1. The molecule has 10 heteroatoms. The zero-order valence-electron chi connectivity index (χ0n) is 11.8. The molecule has 0 unspecified atom stereocenters. The van der Waals surface area contributed by atoms with E-state index in [0.717, 1.165) is 0 Å². The maximum Gasteiger partial charge on any atom is 0.416 e. The van der Waals surface area contributed by atoms with Gasteiger partial charge in [0.25, 0.3) is 0 Å².